The Morgan fingerprint density at radius 1 is 1.00 bits per heavy atom. The van der Waals surface area contributed by atoms with Crippen molar-refractivity contribution in [3.05, 3.63) is 78.0 Å². The van der Waals surface area contributed by atoms with Crippen LogP contribution in [0.5, 0.6) is 0 Å². The minimum atomic E-state index is 0.123. The predicted octanol–water partition coefficient (Wildman–Crippen LogP) is 4.33. The lowest BCUT2D eigenvalue weighted by Crippen LogP contribution is -2.42. The molecule has 0 spiro atoms. The smallest absolute Gasteiger partial charge is 0.192 e. The van der Waals surface area contributed by atoms with E-state index in [4.69, 9.17) is 0 Å². The van der Waals surface area contributed by atoms with Crippen LogP contribution in [0.4, 0.5) is 5.69 Å². The molecule has 0 N–H and O–H groups in total. The zero-order valence-electron chi connectivity index (χ0n) is 14.2. The average molecular weight is 320 g/mol. The molecule has 2 aromatic rings. The summed E-state index contributed by atoms with van der Waals surface area (Å²) in [6.07, 6.45) is 4.34. The van der Waals surface area contributed by atoms with Crippen LogP contribution in [0.2, 0.25) is 0 Å². The molecule has 1 aliphatic rings. The maximum atomic E-state index is 12.9. The molecule has 1 heterocycles. The fraction of sp³-hybridized carbons (Fsp3) is 0.286. The lowest BCUT2D eigenvalue weighted by Gasteiger charge is -2.36. The first-order valence-corrected chi connectivity index (χ1v) is 8.62. The van der Waals surface area contributed by atoms with Gasteiger partial charge >= 0.3 is 0 Å². The zero-order chi connectivity index (χ0) is 16.8. The van der Waals surface area contributed by atoms with E-state index in [0.29, 0.717) is 6.54 Å². The minimum Gasteiger partial charge on any atom is -0.360 e. The van der Waals surface area contributed by atoms with Crippen molar-refractivity contribution >= 4 is 11.5 Å². The van der Waals surface area contributed by atoms with E-state index in [2.05, 4.69) is 35.1 Å². The van der Waals surface area contributed by atoms with Gasteiger partial charge in [-0.2, -0.15) is 0 Å². The minimum absolute atomic E-state index is 0.123. The average Bonchev–Trinajstić information content (AvgIpc) is 2.67. The third-order valence-corrected chi connectivity index (χ3v) is 4.30. The molecule has 0 radical (unpaired) electrons. The molecule has 0 saturated heterocycles. The first kappa shape index (κ1) is 16.3. The number of hydrogen-bond donors (Lipinski definition) is 0. The van der Waals surface area contributed by atoms with Crippen molar-refractivity contribution < 1.29 is 4.79 Å². The van der Waals surface area contributed by atoms with Crippen LogP contribution in [0.15, 0.2) is 72.4 Å². The van der Waals surface area contributed by atoms with Crippen molar-refractivity contribution in [2.75, 3.05) is 24.7 Å². The van der Waals surface area contributed by atoms with Crippen molar-refractivity contribution in [1.29, 1.82) is 0 Å². The third kappa shape index (κ3) is 3.85. The van der Waals surface area contributed by atoms with Crippen LogP contribution >= 0.6 is 0 Å². The van der Waals surface area contributed by atoms with E-state index < -0.39 is 0 Å². The van der Waals surface area contributed by atoms with E-state index in [0.717, 1.165) is 42.9 Å². The van der Waals surface area contributed by atoms with Crippen molar-refractivity contribution in [2.24, 2.45) is 0 Å². The molecule has 0 aliphatic carbocycles. The number of ketones is 1. The maximum absolute atomic E-state index is 12.9. The molecule has 3 heteroatoms. The van der Waals surface area contributed by atoms with Crippen LogP contribution < -0.4 is 4.90 Å². The lowest BCUT2D eigenvalue weighted by atomic mass is 10.0. The normalized spacial score (nSPS) is 14.5. The molecule has 3 nitrogen and oxygen atoms in total. The van der Waals surface area contributed by atoms with Crippen molar-refractivity contribution in [3.8, 4) is 0 Å². The Hall–Kier alpha value is -2.55. The van der Waals surface area contributed by atoms with Gasteiger partial charge in [0.2, 0.25) is 0 Å². The first-order chi connectivity index (χ1) is 11.8. The summed E-state index contributed by atoms with van der Waals surface area (Å²) in [5.74, 6) is 0.123. The van der Waals surface area contributed by atoms with Gasteiger partial charge in [-0.3, -0.25) is 4.79 Å². The Morgan fingerprint density at radius 3 is 2.33 bits per heavy atom. The van der Waals surface area contributed by atoms with E-state index >= 15 is 0 Å². The van der Waals surface area contributed by atoms with Gasteiger partial charge in [0.25, 0.3) is 0 Å². The van der Waals surface area contributed by atoms with Gasteiger partial charge in [0, 0.05) is 29.6 Å². The topological polar surface area (TPSA) is 23.6 Å². The molecule has 0 amide bonds. The fourth-order valence-corrected chi connectivity index (χ4v) is 2.99. The Kier molecular flexibility index (Phi) is 5.32. The second kappa shape index (κ2) is 7.82. The molecule has 0 unspecified atom stereocenters. The quantitative estimate of drug-likeness (QED) is 0.740. The van der Waals surface area contributed by atoms with Gasteiger partial charge < -0.3 is 9.80 Å². The molecule has 1 aliphatic heterocycles. The SMILES string of the molecule is CCCCN1C=C(C(=O)c2ccccc2)CN(c2ccccc2)C1. The highest BCUT2D eigenvalue weighted by Gasteiger charge is 2.22. The molecule has 0 aromatic heterocycles. The van der Waals surface area contributed by atoms with E-state index in [1.54, 1.807) is 0 Å². The summed E-state index contributed by atoms with van der Waals surface area (Å²) in [5.41, 5.74) is 2.77. The predicted molar refractivity (Wildman–Crippen MR) is 99.1 cm³/mol. The number of hydrogen-bond acceptors (Lipinski definition) is 3. The number of benzene rings is 2. The van der Waals surface area contributed by atoms with Crippen LogP contribution in [-0.2, 0) is 0 Å². The van der Waals surface area contributed by atoms with Gasteiger partial charge in [-0.1, -0.05) is 61.9 Å². The Balaban J connectivity index is 1.85. The zero-order valence-corrected chi connectivity index (χ0v) is 14.2. The highest BCUT2D eigenvalue weighted by Crippen LogP contribution is 2.22. The summed E-state index contributed by atoms with van der Waals surface area (Å²) >= 11 is 0. The van der Waals surface area contributed by atoms with Crippen molar-refractivity contribution in [2.45, 2.75) is 19.8 Å². The first-order valence-electron chi connectivity index (χ1n) is 8.62. The van der Waals surface area contributed by atoms with Crippen LogP contribution in [-0.4, -0.2) is 30.4 Å². The van der Waals surface area contributed by atoms with E-state index in [-0.39, 0.29) is 5.78 Å². The van der Waals surface area contributed by atoms with Gasteiger partial charge in [0.1, 0.15) is 0 Å². The van der Waals surface area contributed by atoms with E-state index in [1.165, 1.54) is 0 Å². The number of Topliss-reactive ketones (excluding diaryl/α,β-unsaturated/α-hetero) is 1. The molecule has 124 valence electrons. The highest BCUT2D eigenvalue weighted by atomic mass is 16.1. The van der Waals surface area contributed by atoms with Crippen LogP contribution in [0, 0.1) is 0 Å². The Bertz CT molecular complexity index is 694. The number of rotatable bonds is 6. The molecule has 24 heavy (non-hydrogen) atoms. The number of nitrogens with zero attached hydrogens (tertiary/aromatic N) is 2. The van der Waals surface area contributed by atoms with Crippen molar-refractivity contribution in [3.63, 3.8) is 0 Å². The van der Waals surface area contributed by atoms with Gasteiger partial charge in [-0.15, -0.1) is 0 Å². The summed E-state index contributed by atoms with van der Waals surface area (Å²) in [6.45, 7) is 4.65. The fourth-order valence-electron chi connectivity index (χ4n) is 2.99. The van der Waals surface area contributed by atoms with Crippen LogP contribution in [0.1, 0.15) is 30.1 Å². The number of anilines is 1. The Labute approximate surface area is 144 Å². The van der Waals surface area contributed by atoms with Crippen LogP contribution in [0.3, 0.4) is 0 Å². The standard InChI is InChI=1S/C21H24N2O/c1-2-3-14-22-15-19(21(24)18-10-6-4-7-11-18)16-23(17-22)20-12-8-5-9-13-20/h4-13,15H,2-3,14,16-17H2,1H3. The molecular weight excluding hydrogens is 296 g/mol. The lowest BCUT2D eigenvalue weighted by molar-refractivity contribution is 0.102. The van der Waals surface area contributed by atoms with E-state index in [9.17, 15) is 4.79 Å². The monoisotopic (exact) mass is 320 g/mol. The molecule has 0 bridgehead atoms. The highest BCUT2D eigenvalue weighted by molar-refractivity contribution is 6.09. The number of carbonyl (C=O) groups is 1. The van der Waals surface area contributed by atoms with Crippen molar-refractivity contribution in [1.82, 2.24) is 4.90 Å². The number of carbonyl (C=O) groups excluding carboxylic acids is 1. The number of para-hydroxylation sites is 1. The van der Waals surface area contributed by atoms with Gasteiger partial charge in [-0.25, -0.2) is 0 Å². The summed E-state index contributed by atoms with van der Waals surface area (Å²) in [4.78, 5) is 17.4. The summed E-state index contributed by atoms with van der Waals surface area (Å²) in [6, 6.07) is 19.9. The maximum Gasteiger partial charge on any atom is 0.192 e. The molecule has 0 atom stereocenters. The third-order valence-electron chi connectivity index (χ3n) is 4.30. The summed E-state index contributed by atoms with van der Waals surface area (Å²) in [7, 11) is 0. The molecule has 0 fully saturated rings. The second-order valence-electron chi connectivity index (χ2n) is 6.19. The number of unbranched alkanes of at least 4 members (excludes halogenated alkanes) is 1. The molecule has 3 rings (SSSR count). The molecular formula is C21H24N2O. The second-order valence-corrected chi connectivity index (χ2v) is 6.19. The summed E-state index contributed by atoms with van der Waals surface area (Å²) in [5, 5.41) is 0. The van der Waals surface area contributed by atoms with Crippen LogP contribution in [0.25, 0.3) is 0 Å². The molecule has 0 saturated carbocycles. The summed E-state index contributed by atoms with van der Waals surface area (Å²) < 4.78 is 0. The van der Waals surface area contributed by atoms with Gasteiger partial charge in [0.05, 0.1) is 13.2 Å². The van der Waals surface area contributed by atoms with E-state index in [1.807, 2.05) is 48.5 Å². The van der Waals surface area contributed by atoms with Gasteiger partial charge in [-0.05, 0) is 18.6 Å². The molecule has 2 aromatic carbocycles. The van der Waals surface area contributed by atoms with Gasteiger partial charge in [0.15, 0.2) is 5.78 Å². The Morgan fingerprint density at radius 2 is 1.67 bits per heavy atom. The largest absolute Gasteiger partial charge is 0.360 e.